The maximum atomic E-state index is 10.6. The minimum Gasteiger partial charge on any atom is -0.349 e. The number of amides is 1. The fourth-order valence-electron chi connectivity index (χ4n) is 1.25. The van der Waals surface area contributed by atoms with Crippen LogP contribution < -0.4 is 5.32 Å². The fraction of sp³-hybridized carbons (Fsp3) is 0.500. The van der Waals surface area contributed by atoms with Gasteiger partial charge in [-0.15, -0.1) is 0 Å². The van der Waals surface area contributed by atoms with Crippen LogP contribution in [0, 0.1) is 5.92 Å². The van der Waals surface area contributed by atoms with E-state index in [2.05, 4.69) is 17.5 Å². The Labute approximate surface area is 47.6 Å². The highest BCUT2D eigenvalue weighted by Gasteiger charge is 2.38. The van der Waals surface area contributed by atoms with E-state index in [1.807, 2.05) is 0 Å². The lowest BCUT2D eigenvalue weighted by atomic mass is 9.94. The van der Waals surface area contributed by atoms with Crippen LogP contribution in [-0.4, -0.2) is 11.9 Å². The Balaban J connectivity index is 2.19. The molecule has 1 N–H and O–H groups in total. The third-order valence-corrected chi connectivity index (χ3v) is 1.81. The highest BCUT2D eigenvalue weighted by Crippen LogP contribution is 2.25. The molecule has 2 aliphatic rings. The van der Waals surface area contributed by atoms with E-state index in [0.29, 0.717) is 12.0 Å². The highest BCUT2D eigenvalue weighted by molar-refractivity contribution is 5.87. The summed E-state index contributed by atoms with van der Waals surface area (Å²) in [7, 11) is 0. The summed E-state index contributed by atoms with van der Waals surface area (Å²) < 4.78 is 0. The molecule has 1 amide bonds. The van der Waals surface area contributed by atoms with Crippen molar-refractivity contribution in [2.45, 2.75) is 12.5 Å². The lowest BCUT2D eigenvalue weighted by Crippen LogP contribution is -2.54. The smallest absolute Gasteiger partial charge is 0.226 e. The molecular formula is C6H7NO. The summed E-state index contributed by atoms with van der Waals surface area (Å²) in [5.74, 6) is 0.523. The third kappa shape index (κ3) is 0.312. The quantitative estimate of drug-likeness (QED) is 0.346. The topological polar surface area (TPSA) is 29.1 Å². The molecule has 1 saturated heterocycles. The maximum absolute atomic E-state index is 10.6. The van der Waals surface area contributed by atoms with Gasteiger partial charge in [-0.25, -0.2) is 0 Å². The van der Waals surface area contributed by atoms with E-state index in [1.54, 1.807) is 0 Å². The van der Waals surface area contributed by atoms with Gasteiger partial charge < -0.3 is 5.32 Å². The van der Waals surface area contributed by atoms with E-state index in [1.165, 1.54) is 0 Å². The van der Waals surface area contributed by atoms with Gasteiger partial charge in [0.15, 0.2) is 0 Å². The van der Waals surface area contributed by atoms with Gasteiger partial charge in [-0.3, -0.25) is 4.79 Å². The van der Waals surface area contributed by atoms with Crippen LogP contribution >= 0.6 is 0 Å². The third-order valence-electron chi connectivity index (χ3n) is 1.81. The molecule has 1 aliphatic carbocycles. The molecule has 0 spiro atoms. The Morgan fingerprint density at radius 2 is 2.62 bits per heavy atom. The molecule has 2 atom stereocenters. The molecule has 42 valence electrons. The average molecular weight is 109 g/mol. The van der Waals surface area contributed by atoms with Crippen LogP contribution in [0.2, 0.25) is 0 Å². The zero-order valence-electron chi connectivity index (χ0n) is 4.42. The van der Waals surface area contributed by atoms with Crippen molar-refractivity contribution in [2.75, 3.05) is 0 Å². The molecular weight excluding hydrogens is 102 g/mol. The Hall–Kier alpha value is -0.790. The average Bonchev–Trinajstić information content (AvgIpc) is 2.09. The fourth-order valence-corrected chi connectivity index (χ4v) is 1.25. The molecule has 0 aromatic carbocycles. The summed E-state index contributed by atoms with van der Waals surface area (Å²) in [5.41, 5.74) is 0. The predicted octanol–water partition coefficient (Wildman–Crippen LogP) is 0.0609. The normalized spacial score (nSPS) is 40.8. The van der Waals surface area contributed by atoms with Gasteiger partial charge >= 0.3 is 0 Å². The van der Waals surface area contributed by atoms with E-state index in [4.69, 9.17) is 0 Å². The zero-order valence-corrected chi connectivity index (χ0v) is 4.42. The first-order valence-electron chi connectivity index (χ1n) is 2.85. The van der Waals surface area contributed by atoms with Crippen LogP contribution in [0.1, 0.15) is 6.42 Å². The summed E-state index contributed by atoms with van der Waals surface area (Å²) in [5, 5.41) is 2.78. The van der Waals surface area contributed by atoms with Gasteiger partial charge in [-0.2, -0.15) is 0 Å². The molecule has 1 fully saturated rings. The van der Waals surface area contributed by atoms with Crippen molar-refractivity contribution in [3.05, 3.63) is 12.2 Å². The zero-order chi connectivity index (χ0) is 5.56. The molecule has 2 nitrogen and oxygen atoms in total. The molecule has 2 unspecified atom stereocenters. The number of fused-ring (bicyclic) bond motifs is 1. The van der Waals surface area contributed by atoms with Crippen molar-refractivity contribution in [3.8, 4) is 0 Å². The van der Waals surface area contributed by atoms with Crippen LogP contribution in [0.4, 0.5) is 0 Å². The summed E-state index contributed by atoms with van der Waals surface area (Å²) >= 11 is 0. The van der Waals surface area contributed by atoms with Gasteiger partial charge in [-0.1, -0.05) is 12.2 Å². The largest absolute Gasteiger partial charge is 0.349 e. The summed E-state index contributed by atoms with van der Waals surface area (Å²) in [6.07, 6.45) is 5.08. The molecule has 0 saturated carbocycles. The number of rotatable bonds is 0. The monoisotopic (exact) mass is 109 g/mol. The number of allylic oxidation sites excluding steroid dienone is 1. The van der Waals surface area contributed by atoms with Crippen molar-refractivity contribution in [3.63, 3.8) is 0 Å². The van der Waals surface area contributed by atoms with Crippen molar-refractivity contribution in [1.82, 2.24) is 5.32 Å². The van der Waals surface area contributed by atoms with Gasteiger partial charge in [0.1, 0.15) is 0 Å². The molecule has 1 aliphatic heterocycles. The second kappa shape index (κ2) is 1.13. The first-order valence-corrected chi connectivity index (χ1v) is 2.85. The maximum Gasteiger partial charge on any atom is 0.226 e. The summed E-state index contributed by atoms with van der Waals surface area (Å²) in [6, 6.07) is 0.391. The van der Waals surface area contributed by atoms with Crippen LogP contribution in [0.5, 0.6) is 0 Å². The van der Waals surface area contributed by atoms with Crippen LogP contribution in [0.15, 0.2) is 12.2 Å². The second-order valence-corrected chi connectivity index (χ2v) is 2.30. The predicted molar refractivity (Wildman–Crippen MR) is 29.2 cm³/mol. The first kappa shape index (κ1) is 4.13. The molecule has 1 heterocycles. The Bertz CT molecular complexity index is 162. The first-order chi connectivity index (χ1) is 3.88. The number of carbonyl (C=O) groups is 1. The molecule has 8 heavy (non-hydrogen) atoms. The van der Waals surface area contributed by atoms with Gasteiger partial charge in [0.2, 0.25) is 5.91 Å². The minimum atomic E-state index is 0.222. The van der Waals surface area contributed by atoms with E-state index < -0.39 is 0 Å². The van der Waals surface area contributed by atoms with Crippen LogP contribution in [0.25, 0.3) is 0 Å². The minimum absolute atomic E-state index is 0.222. The SMILES string of the molecule is O=C1NC2C=CCC12. The Kier molecular flexibility index (Phi) is 0.583. The van der Waals surface area contributed by atoms with Crippen molar-refractivity contribution >= 4 is 5.91 Å². The molecule has 2 heteroatoms. The highest BCUT2D eigenvalue weighted by atomic mass is 16.2. The molecule has 0 bridgehead atoms. The van der Waals surface area contributed by atoms with E-state index >= 15 is 0 Å². The molecule has 0 radical (unpaired) electrons. The van der Waals surface area contributed by atoms with Gasteiger partial charge in [0.05, 0.1) is 12.0 Å². The lowest BCUT2D eigenvalue weighted by Gasteiger charge is -2.29. The van der Waals surface area contributed by atoms with Crippen molar-refractivity contribution in [2.24, 2.45) is 5.92 Å². The number of carbonyl (C=O) groups excluding carboxylic acids is 1. The van der Waals surface area contributed by atoms with Crippen LogP contribution in [-0.2, 0) is 4.79 Å². The van der Waals surface area contributed by atoms with E-state index in [-0.39, 0.29) is 5.91 Å². The Morgan fingerprint density at radius 3 is 3.12 bits per heavy atom. The van der Waals surface area contributed by atoms with E-state index in [0.717, 1.165) is 6.42 Å². The van der Waals surface area contributed by atoms with Crippen molar-refractivity contribution in [1.29, 1.82) is 0 Å². The number of hydrogen-bond acceptors (Lipinski definition) is 1. The summed E-state index contributed by atoms with van der Waals surface area (Å²) in [4.78, 5) is 10.6. The van der Waals surface area contributed by atoms with E-state index in [9.17, 15) is 4.79 Å². The number of nitrogens with one attached hydrogen (secondary N) is 1. The number of hydrogen-bond donors (Lipinski definition) is 1. The molecule has 0 aromatic heterocycles. The molecule has 2 rings (SSSR count). The standard InChI is InChI=1S/C6H7NO/c8-6-4-2-1-3-5(4)7-6/h1,3-5H,2H2,(H,7,8). The van der Waals surface area contributed by atoms with Crippen molar-refractivity contribution < 1.29 is 4.79 Å². The van der Waals surface area contributed by atoms with Gasteiger partial charge in [-0.05, 0) is 6.42 Å². The molecule has 0 aromatic rings. The Morgan fingerprint density at radius 1 is 1.75 bits per heavy atom. The van der Waals surface area contributed by atoms with Gasteiger partial charge in [0.25, 0.3) is 0 Å². The number of β-lactam (4-membered cyclic amide) rings is 1. The summed E-state index contributed by atoms with van der Waals surface area (Å²) in [6.45, 7) is 0. The van der Waals surface area contributed by atoms with Gasteiger partial charge in [0, 0.05) is 0 Å². The lowest BCUT2D eigenvalue weighted by molar-refractivity contribution is -0.132. The second-order valence-electron chi connectivity index (χ2n) is 2.30. The van der Waals surface area contributed by atoms with Crippen LogP contribution in [0.3, 0.4) is 0 Å².